The molecule has 6 nitrogen and oxygen atoms in total. The lowest BCUT2D eigenvalue weighted by Gasteiger charge is -2.10. The highest BCUT2D eigenvalue weighted by molar-refractivity contribution is 7.89. The first-order valence-corrected chi connectivity index (χ1v) is 7.53. The molecule has 0 fully saturated rings. The molecule has 0 atom stereocenters. The molecule has 21 heavy (non-hydrogen) atoms. The van der Waals surface area contributed by atoms with Gasteiger partial charge < -0.3 is 10.1 Å². The summed E-state index contributed by atoms with van der Waals surface area (Å²) in [6.45, 7) is 0. The monoisotopic (exact) mass is 306 g/mol. The molecule has 3 N–H and O–H groups in total. The summed E-state index contributed by atoms with van der Waals surface area (Å²) in [5.74, 6) is 0.0541. The molecule has 2 aromatic carbocycles. The summed E-state index contributed by atoms with van der Waals surface area (Å²) in [5.41, 5.74) is 0.679. The van der Waals surface area contributed by atoms with Crippen LogP contribution in [0.3, 0.4) is 0 Å². The second-order valence-corrected chi connectivity index (χ2v) is 5.79. The Kier molecular flexibility index (Phi) is 4.25. The van der Waals surface area contributed by atoms with Crippen LogP contribution in [0.1, 0.15) is 10.4 Å². The fourth-order valence-corrected chi connectivity index (χ4v) is 2.32. The zero-order valence-corrected chi connectivity index (χ0v) is 12.1. The lowest BCUT2D eigenvalue weighted by Crippen LogP contribution is -2.16. The van der Waals surface area contributed by atoms with Crippen LogP contribution in [0.15, 0.2) is 53.4 Å². The number of rotatable bonds is 4. The highest BCUT2D eigenvalue weighted by atomic mass is 32.2. The Morgan fingerprint density at radius 3 is 2.52 bits per heavy atom. The third kappa shape index (κ3) is 3.59. The summed E-state index contributed by atoms with van der Waals surface area (Å²) in [6, 6.07) is 12.4. The number of para-hydroxylation sites is 2. The van der Waals surface area contributed by atoms with Crippen molar-refractivity contribution in [1.82, 2.24) is 0 Å². The van der Waals surface area contributed by atoms with E-state index in [9.17, 15) is 13.2 Å². The number of anilines is 1. The summed E-state index contributed by atoms with van der Waals surface area (Å²) < 4.78 is 27.7. The molecule has 0 unspecified atom stereocenters. The zero-order chi connectivity index (χ0) is 15.5. The van der Waals surface area contributed by atoms with Crippen LogP contribution in [-0.2, 0) is 10.0 Å². The number of methoxy groups -OCH3 is 1. The van der Waals surface area contributed by atoms with Crippen LogP contribution in [-0.4, -0.2) is 21.4 Å². The second-order valence-electron chi connectivity index (χ2n) is 4.23. The van der Waals surface area contributed by atoms with Crippen molar-refractivity contribution in [2.45, 2.75) is 4.90 Å². The van der Waals surface area contributed by atoms with Gasteiger partial charge in [-0.1, -0.05) is 18.2 Å². The Balaban J connectivity index is 2.29. The second kappa shape index (κ2) is 5.94. The van der Waals surface area contributed by atoms with Gasteiger partial charge in [-0.25, -0.2) is 13.6 Å². The number of nitrogens with one attached hydrogen (secondary N) is 1. The predicted octanol–water partition coefficient (Wildman–Crippen LogP) is 1.59. The van der Waals surface area contributed by atoms with Crippen molar-refractivity contribution in [3.05, 3.63) is 54.1 Å². The van der Waals surface area contributed by atoms with Crippen molar-refractivity contribution in [3.8, 4) is 5.75 Å². The van der Waals surface area contributed by atoms with Gasteiger partial charge in [-0.05, 0) is 30.3 Å². The van der Waals surface area contributed by atoms with Gasteiger partial charge in [0, 0.05) is 5.56 Å². The quantitative estimate of drug-likeness (QED) is 0.896. The van der Waals surface area contributed by atoms with Crippen molar-refractivity contribution < 1.29 is 17.9 Å². The van der Waals surface area contributed by atoms with E-state index in [2.05, 4.69) is 5.32 Å². The molecule has 7 heteroatoms. The molecule has 110 valence electrons. The van der Waals surface area contributed by atoms with E-state index < -0.39 is 15.9 Å². The smallest absolute Gasteiger partial charge is 0.255 e. The van der Waals surface area contributed by atoms with Crippen LogP contribution in [0, 0.1) is 0 Å². The predicted molar refractivity (Wildman–Crippen MR) is 78.8 cm³/mol. The number of amides is 1. The number of primary sulfonamides is 1. The Morgan fingerprint density at radius 1 is 1.14 bits per heavy atom. The molecule has 0 spiro atoms. The van der Waals surface area contributed by atoms with Gasteiger partial charge in [0.15, 0.2) is 0 Å². The van der Waals surface area contributed by atoms with Crippen LogP contribution in [0.5, 0.6) is 5.75 Å². The molecule has 0 aromatic heterocycles. The van der Waals surface area contributed by atoms with Crippen molar-refractivity contribution in [1.29, 1.82) is 0 Å². The summed E-state index contributed by atoms with van der Waals surface area (Å²) in [5, 5.41) is 7.70. The van der Waals surface area contributed by atoms with Crippen LogP contribution in [0.2, 0.25) is 0 Å². The Labute approximate surface area is 122 Å². The van der Waals surface area contributed by atoms with E-state index in [1.54, 1.807) is 24.3 Å². The molecule has 0 aliphatic carbocycles. The van der Waals surface area contributed by atoms with E-state index >= 15 is 0 Å². The van der Waals surface area contributed by atoms with Gasteiger partial charge in [0.25, 0.3) is 5.91 Å². The Bertz CT molecular complexity index is 772. The van der Waals surface area contributed by atoms with E-state index in [4.69, 9.17) is 9.88 Å². The maximum Gasteiger partial charge on any atom is 0.255 e. The topological polar surface area (TPSA) is 98.5 Å². The van der Waals surface area contributed by atoms with Crippen LogP contribution >= 0.6 is 0 Å². The molecule has 2 rings (SSSR count). The molecule has 2 aromatic rings. The highest BCUT2D eigenvalue weighted by Gasteiger charge is 2.13. The highest BCUT2D eigenvalue weighted by Crippen LogP contribution is 2.23. The van der Waals surface area contributed by atoms with Crippen molar-refractivity contribution in [2.75, 3.05) is 12.4 Å². The molecular formula is C14H14N2O4S. The number of ether oxygens (including phenoxy) is 1. The lowest BCUT2D eigenvalue weighted by atomic mass is 10.2. The number of nitrogens with two attached hydrogens (primary N) is 1. The lowest BCUT2D eigenvalue weighted by molar-refractivity contribution is 0.102. The first kappa shape index (κ1) is 15.0. The number of hydrogen-bond donors (Lipinski definition) is 2. The van der Waals surface area contributed by atoms with E-state index in [0.717, 1.165) is 0 Å². The minimum absolute atomic E-state index is 0.116. The molecule has 0 radical (unpaired) electrons. The largest absolute Gasteiger partial charge is 0.495 e. The summed E-state index contributed by atoms with van der Waals surface area (Å²) >= 11 is 0. The maximum absolute atomic E-state index is 12.2. The van der Waals surface area contributed by atoms with E-state index in [-0.39, 0.29) is 10.5 Å². The molecule has 0 aliphatic rings. The zero-order valence-electron chi connectivity index (χ0n) is 11.2. The molecule has 0 bridgehead atoms. The molecular weight excluding hydrogens is 292 g/mol. The molecule has 0 aliphatic heterocycles. The van der Waals surface area contributed by atoms with E-state index in [0.29, 0.717) is 11.4 Å². The van der Waals surface area contributed by atoms with Crippen molar-refractivity contribution in [3.63, 3.8) is 0 Å². The summed E-state index contributed by atoms with van der Waals surface area (Å²) in [6.07, 6.45) is 0. The van der Waals surface area contributed by atoms with Gasteiger partial charge in [-0.2, -0.15) is 0 Å². The molecule has 1 amide bonds. The third-order valence-corrected chi connectivity index (χ3v) is 3.69. The molecule has 0 heterocycles. The van der Waals surface area contributed by atoms with Crippen LogP contribution in [0.25, 0.3) is 0 Å². The summed E-state index contributed by atoms with van der Waals surface area (Å²) in [4.78, 5) is 12.0. The van der Waals surface area contributed by atoms with Crippen LogP contribution in [0.4, 0.5) is 5.69 Å². The number of benzene rings is 2. The fourth-order valence-electron chi connectivity index (χ4n) is 1.76. The van der Waals surface area contributed by atoms with Crippen molar-refractivity contribution in [2.24, 2.45) is 5.14 Å². The summed E-state index contributed by atoms with van der Waals surface area (Å²) in [7, 11) is -2.36. The van der Waals surface area contributed by atoms with Gasteiger partial charge in [0.1, 0.15) is 5.75 Å². The first-order valence-electron chi connectivity index (χ1n) is 5.99. The maximum atomic E-state index is 12.2. The standard InChI is InChI=1S/C14H14N2O4S/c1-20-13-8-3-2-7-12(13)16-14(17)10-5-4-6-11(9-10)21(15,18)19/h2-9H,1H3,(H,16,17)(H2,15,18,19). The SMILES string of the molecule is COc1ccccc1NC(=O)c1cccc(S(N)(=O)=O)c1. The van der Waals surface area contributed by atoms with Gasteiger partial charge in [-0.3, -0.25) is 4.79 Å². The Morgan fingerprint density at radius 2 is 1.86 bits per heavy atom. The average molecular weight is 306 g/mol. The average Bonchev–Trinajstić information content (AvgIpc) is 2.47. The number of carbonyl (C=O) groups is 1. The number of hydrogen-bond acceptors (Lipinski definition) is 4. The van der Waals surface area contributed by atoms with Gasteiger partial charge in [-0.15, -0.1) is 0 Å². The minimum Gasteiger partial charge on any atom is -0.495 e. The first-order chi connectivity index (χ1) is 9.91. The van der Waals surface area contributed by atoms with E-state index in [1.165, 1.54) is 31.4 Å². The number of carbonyl (C=O) groups excluding carboxylic acids is 1. The van der Waals surface area contributed by atoms with Gasteiger partial charge in [0.05, 0.1) is 17.7 Å². The molecule has 0 saturated heterocycles. The van der Waals surface area contributed by atoms with Crippen LogP contribution < -0.4 is 15.2 Å². The molecule has 0 saturated carbocycles. The fraction of sp³-hybridized carbons (Fsp3) is 0.0714. The number of sulfonamides is 1. The Hall–Kier alpha value is -2.38. The van der Waals surface area contributed by atoms with Crippen molar-refractivity contribution >= 4 is 21.6 Å². The third-order valence-electron chi connectivity index (χ3n) is 2.78. The van der Waals surface area contributed by atoms with Gasteiger partial charge in [0.2, 0.25) is 10.0 Å². The minimum atomic E-state index is -3.85. The normalized spacial score (nSPS) is 11.0. The van der Waals surface area contributed by atoms with Gasteiger partial charge >= 0.3 is 0 Å². The van der Waals surface area contributed by atoms with E-state index in [1.807, 2.05) is 0 Å².